The molecule has 0 radical (unpaired) electrons. The summed E-state index contributed by atoms with van der Waals surface area (Å²) >= 11 is 2.39. The molecule has 118 valence electrons. The standard InChI is InChI=1S/C18H24IN3/c1-4-16-21-18(19)17-15(20-9-10-22(16)17)8-7-14-6-5-12(2)13(3)11-14/h5-6,11,15,20H,4,7-10H2,1-3H3. The van der Waals surface area contributed by atoms with Crippen LogP contribution in [0.25, 0.3) is 0 Å². The Hall–Kier alpha value is -0.880. The van der Waals surface area contributed by atoms with Gasteiger partial charge < -0.3 is 9.88 Å². The Balaban J connectivity index is 1.77. The van der Waals surface area contributed by atoms with Gasteiger partial charge in [0.15, 0.2) is 0 Å². The van der Waals surface area contributed by atoms with Crippen LogP contribution in [0.2, 0.25) is 0 Å². The fraction of sp³-hybridized carbons (Fsp3) is 0.500. The van der Waals surface area contributed by atoms with Crippen molar-refractivity contribution in [1.82, 2.24) is 14.9 Å². The Morgan fingerprint density at radius 2 is 2.14 bits per heavy atom. The molecule has 4 heteroatoms. The maximum Gasteiger partial charge on any atom is 0.124 e. The van der Waals surface area contributed by atoms with Crippen LogP contribution in [0, 0.1) is 17.5 Å². The summed E-state index contributed by atoms with van der Waals surface area (Å²) in [6.07, 6.45) is 3.26. The highest BCUT2D eigenvalue weighted by Crippen LogP contribution is 2.28. The normalized spacial score (nSPS) is 17.5. The third kappa shape index (κ3) is 3.08. The number of aryl methyl sites for hydroxylation is 4. The van der Waals surface area contributed by atoms with Crippen molar-refractivity contribution in [2.45, 2.75) is 52.6 Å². The summed E-state index contributed by atoms with van der Waals surface area (Å²) in [7, 11) is 0. The summed E-state index contributed by atoms with van der Waals surface area (Å²) in [5.74, 6) is 1.23. The maximum atomic E-state index is 4.75. The van der Waals surface area contributed by atoms with E-state index in [9.17, 15) is 0 Å². The van der Waals surface area contributed by atoms with Gasteiger partial charge >= 0.3 is 0 Å². The third-order valence-corrected chi connectivity index (χ3v) is 5.50. The van der Waals surface area contributed by atoms with E-state index in [4.69, 9.17) is 4.98 Å². The van der Waals surface area contributed by atoms with Gasteiger partial charge in [-0.25, -0.2) is 4.98 Å². The molecule has 0 bridgehead atoms. The number of halogens is 1. The molecule has 3 nitrogen and oxygen atoms in total. The molecule has 0 saturated carbocycles. The van der Waals surface area contributed by atoms with Crippen molar-refractivity contribution in [2.75, 3.05) is 6.54 Å². The van der Waals surface area contributed by atoms with Crippen LogP contribution in [0.3, 0.4) is 0 Å². The number of rotatable bonds is 4. The summed E-state index contributed by atoms with van der Waals surface area (Å²) < 4.78 is 3.61. The van der Waals surface area contributed by atoms with Gasteiger partial charge in [-0.3, -0.25) is 0 Å². The predicted molar refractivity (Wildman–Crippen MR) is 99.3 cm³/mol. The minimum absolute atomic E-state index is 0.426. The number of benzene rings is 1. The number of imidazole rings is 1. The van der Waals surface area contributed by atoms with Crippen LogP contribution < -0.4 is 5.32 Å². The van der Waals surface area contributed by atoms with Crippen molar-refractivity contribution < 1.29 is 0 Å². The zero-order valence-electron chi connectivity index (χ0n) is 13.6. The summed E-state index contributed by atoms with van der Waals surface area (Å²) in [6, 6.07) is 7.26. The lowest BCUT2D eigenvalue weighted by molar-refractivity contribution is 0.399. The SMILES string of the molecule is CCc1nc(I)c2n1CCNC2CCc1ccc(C)c(C)c1. The second kappa shape index (κ2) is 6.71. The number of nitrogens with one attached hydrogen (secondary N) is 1. The lowest BCUT2D eigenvalue weighted by Gasteiger charge is -2.27. The first-order chi connectivity index (χ1) is 10.6. The molecule has 1 aliphatic heterocycles. The van der Waals surface area contributed by atoms with E-state index < -0.39 is 0 Å². The van der Waals surface area contributed by atoms with Crippen molar-refractivity contribution in [3.8, 4) is 0 Å². The molecule has 1 aliphatic rings. The Bertz CT molecular complexity index is 675. The molecule has 0 amide bonds. The number of hydrogen-bond acceptors (Lipinski definition) is 2. The van der Waals surface area contributed by atoms with Gasteiger partial charge in [0.2, 0.25) is 0 Å². The molecular weight excluding hydrogens is 385 g/mol. The van der Waals surface area contributed by atoms with E-state index >= 15 is 0 Å². The van der Waals surface area contributed by atoms with Gasteiger partial charge in [0.25, 0.3) is 0 Å². The summed E-state index contributed by atoms with van der Waals surface area (Å²) in [5, 5.41) is 3.68. The molecular formula is C18H24IN3. The zero-order valence-corrected chi connectivity index (χ0v) is 15.8. The molecule has 1 unspecified atom stereocenters. The van der Waals surface area contributed by atoms with E-state index in [0.717, 1.165) is 32.4 Å². The smallest absolute Gasteiger partial charge is 0.124 e. The van der Waals surface area contributed by atoms with Crippen LogP contribution >= 0.6 is 22.6 Å². The Kier molecular flexibility index (Phi) is 4.88. The summed E-state index contributed by atoms with van der Waals surface area (Å²) in [5.41, 5.74) is 5.60. The topological polar surface area (TPSA) is 29.9 Å². The molecule has 2 aromatic rings. The average molecular weight is 409 g/mol. The van der Waals surface area contributed by atoms with Gasteiger partial charge in [0.1, 0.15) is 9.53 Å². The number of hydrogen-bond donors (Lipinski definition) is 1. The number of fused-ring (bicyclic) bond motifs is 1. The Labute approximate surface area is 146 Å². The predicted octanol–water partition coefficient (Wildman–Crippen LogP) is 3.94. The minimum atomic E-state index is 0.426. The van der Waals surface area contributed by atoms with E-state index in [1.54, 1.807) is 0 Å². The van der Waals surface area contributed by atoms with Gasteiger partial charge in [-0.05, 0) is 66.0 Å². The van der Waals surface area contributed by atoms with Gasteiger partial charge in [-0.1, -0.05) is 25.1 Å². The zero-order chi connectivity index (χ0) is 15.7. The van der Waals surface area contributed by atoms with E-state index in [0.29, 0.717) is 6.04 Å². The maximum absolute atomic E-state index is 4.75. The highest BCUT2D eigenvalue weighted by Gasteiger charge is 2.25. The van der Waals surface area contributed by atoms with Crippen LogP contribution in [0.4, 0.5) is 0 Å². The van der Waals surface area contributed by atoms with Gasteiger partial charge in [-0.2, -0.15) is 0 Å². The number of aromatic nitrogens is 2. The monoisotopic (exact) mass is 409 g/mol. The first-order valence-corrected chi connectivity index (χ1v) is 9.22. The lowest BCUT2D eigenvalue weighted by atomic mass is 9.99. The molecule has 1 aromatic heterocycles. The van der Waals surface area contributed by atoms with Crippen LogP contribution in [-0.4, -0.2) is 16.1 Å². The molecule has 1 aromatic carbocycles. The van der Waals surface area contributed by atoms with Gasteiger partial charge in [-0.15, -0.1) is 0 Å². The van der Waals surface area contributed by atoms with E-state index in [1.807, 2.05) is 0 Å². The summed E-state index contributed by atoms with van der Waals surface area (Å²) in [4.78, 5) is 4.75. The number of nitrogens with zero attached hydrogens (tertiary/aromatic N) is 2. The van der Waals surface area contributed by atoms with Crippen molar-refractivity contribution in [3.05, 3.63) is 50.1 Å². The fourth-order valence-corrected chi connectivity index (χ4v) is 4.23. The second-order valence-electron chi connectivity index (χ2n) is 6.17. The average Bonchev–Trinajstić information content (AvgIpc) is 2.85. The van der Waals surface area contributed by atoms with Crippen LogP contribution in [0.5, 0.6) is 0 Å². The first-order valence-electron chi connectivity index (χ1n) is 8.14. The van der Waals surface area contributed by atoms with E-state index in [2.05, 4.69) is 71.4 Å². The highest BCUT2D eigenvalue weighted by molar-refractivity contribution is 14.1. The Morgan fingerprint density at radius 1 is 1.32 bits per heavy atom. The molecule has 2 heterocycles. The quantitative estimate of drug-likeness (QED) is 0.776. The van der Waals surface area contributed by atoms with E-state index in [-0.39, 0.29) is 0 Å². The molecule has 0 spiro atoms. The molecule has 3 rings (SSSR count). The van der Waals surface area contributed by atoms with Crippen molar-refractivity contribution in [3.63, 3.8) is 0 Å². The fourth-order valence-electron chi connectivity index (χ4n) is 3.29. The van der Waals surface area contributed by atoms with Crippen molar-refractivity contribution >= 4 is 22.6 Å². The molecule has 1 N–H and O–H groups in total. The van der Waals surface area contributed by atoms with Gasteiger partial charge in [0, 0.05) is 19.5 Å². The largest absolute Gasteiger partial charge is 0.328 e. The van der Waals surface area contributed by atoms with Gasteiger partial charge in [0.05, 0.1) is 11.7 Å². The summed E-state index contributed by atoms with van der Waals surface area (Å²) in [6.45, 7) is 8.66. The second-order valence-corrected chi connectivity index (χ2v) is 7.20. The Morgan fingerprint density at radius 3 is 2.86 bits per heavy atom. The van der Waals surface area contributed by atoms with Crippen molar-refractivity contribution in [1.29, 1.82) is 0 Å². The highest BCUT2D eigenvalue weighted by atomic mass is 127. The molecule has 0 aliphatic carbocycles. The molecule has 0 fully saturated rings. The molecule has 22 heavy (non-hydrogen) atoms. The lowest BCUT2D eigenvalue weighted by Crippen LogP contribution is -2.34. The van der Waals surface area contributed by atoms with E-state index in [1.165, 1.54) is 31.9 Å². The minimum Gasteiger partial charge on any atom is -0.328 e. The van der Waals surface area contributed by atoms with Crippen LogP contribution in [0.15, 0.2) is 18.2 Å². The molecule has 0 saturated heterocycles. The van der Waals surface area contributed by atoms with Crippen molar-refractivity contribution in [2.24, 2.45) is 0 Å². The van der Waals surface area contributed by atoms with Crippen LogP contribution in [-0.2, 0) is 19.4 Å². The molecule has 1 atom stereocenters. The first kappa shape index (κ1) is 16.0. The van der Waals surface area contributed by atoms with Crippen LogP contribution in [0.1, 0.15) is 47.6 Å². The third-order valence-electron chi connectivity index (χ3n) is 4.71.